The Bertz CT molecular complexity index is 349. The predicted octanol–water partition coefficient (Wildman–Crippen LogP) is 1.60. The van der Waals surface area contributed by atoms with Crippen molar-refractivity contribution < 1.29 is 0 Å². The molecule has 1 aromatic heterocycles. The average Bonchev–Trinajstić information content (AvgIpc) is 2.29. The highest BCUT2D eigenvalue weighted by Crippen LogP contribution is 2.08. The lowest BCUT2D eigenvalue weighted by atomic mass is 10.1. The van der Waals surface area contributed by atoms with Gasteiger partial charge in [0.25, 0.3) is 0 Å². The number of nitrogens with two attached hydrogens (primary N) is 1. The lowest BCUT2D eigenvalue weighted by Crippen LogP contribution is -2.26. The summed E-state index contributed by atoms with van der Waals surface area (Å²) in [7, 11) is 0. The molecular weight excluding hydrogens is 200 g/mol. The van der Waals surface area contributed by atoms with Gasteiger partial charge in [-0.15, -0.1) is 0 Å². The molecule has 3 N–H and O–H groups in total. The molecule has 0 bridgehead atoms. The highest BCUT2D eigenvalue weighted by atomic mass is 15.1. The van der Waals surface area contributed by atoms with Crippen LogP contribution in [0.2, 0.25) is 0 Å². The van der Waals surface area contributed by atoms with Crippen molar-refractivity contribution in [2.45, 2.75) is 26.8 Å². The Kier molecular flexibility index (Phi) is 4.92. The number of rotatable bonds is 6. The second-order valence-corrected chi connectivity index (χ2v) is 3.79. The number of nitrogen functional groups attached to an aromatic ring is 1. The molecule has 0 radical (unpaired) electrons. The first-order chi connectivity index (χ1) is 7.69. The number of hydrogen-bond acceptors (Lipinski definition) is 3. The van der Waals surface area contributed by atoms with Crippen LogP contribution in [-0.2, 0) is 6.54 Å². The van der Waals surface area contributed by atoms with Gasteiger partial charge in [0.15, 0.2) is 0 Å². The Morgan fingerprint density at radius 3 is 2.81 bits per heavy atom. The SMILES string of the molecule is CCCN(CC)Cc1cccnc1C(=N)N. The van der Waals surface area contributed by atoms with E-state index < -0.39 is 0 Å². The van der Waals surface area contributed by atoms with Crippen molar-refractivity contribution in [2.24, 2.45) is 5.73 Å². The van der Waals surface area contributed by atoms with Crippen molar-refractivity contribution >= 4 is 5.84 Å². The minimum Gasteiger partial charge on any atom is -0.382 e. The van der Waals surface area contributed by atoms with Gasteiger partial charge in [0.05, 0.1) is 0 Å². The minimum absolute atomic E-state index is 0.0446. The third kappa shape index (κ3) is 3.31. The molecule has 0 fully saturated rings. The number of aromatic nitrogens is 1. The second kappa shape index (κ2) is 6.23. The van der Waals surface area contributed by atoms with Crippen molar-refractivity contribution in [3.63, 3.8) is 0 Å². The molecule has 4 nitrogen and oxygen atoms in total. The third-order valence-corrected chi connectivity index (χ3v) is 2.53. The molecule has 0 aliphatic carbocycles. The first-order valence-corrected chi connectivity index (χ1v) is 5.69. The summed E-state index contributed by atoms with van der Waals surface area (Å²) < 4.78 is 0. The topological polar surface area (TPSA) is 66.0 Å². The van der Waals surface area contributed by atoms with Gasteiger partial charge in [-0.3, -0.25) is 15.3 Å². The molecule has 4 heteroatoms. The molecule has 0 saturated heterocycles. The molecule has 1 aromatic rings. The molecule has 0 unspecified atom stereocenters. The molecule has 16 heavy (non-hydrogen) atoms. The fourth-order valence-corrected chi connectivity index (χ4v) is 1.71. The predicted molar refractivity (Wildman–Crippen MR) is 66.5 cm³/mol. The van der Waals surface area contributed by atoms with Crippen LogP contribution >= 0.6 is 0 Å². The van der Waals surface area contributed by atoms with Crippen molar-refractivity contribution in [1.82, 2.24) is 9.88 Å². The first kappa shape index (κ1) is 12.6. The van der Waals surface area contributed by atoms with Crippen LogP contribution < -0.4 is 5.73 Å². The Morgan fingerprint density at radius 1 is 1.50 bits per heavy atom. The molecule has 0 aliphatic rings. The summed E-state index contributed by atoms with van der Waals surface area (Å²) in [5.74, 6) is 0.0446. The van der Waals surface area contributed by atoms with Crippen molar-refractivity contribution in [3.05, 3.63) is 29.6 Å². The maximum Gasteiger partial charge on any atom is 0.142 e. The van der Waals surface area contributed by atoms with E-state index >= 15 is 0 Å². The number of amidine groups is 1. The van der Waals surface area contributed by atoms with Crippen LogP contribution in [0.3, 0.4) is 0 Å². The summed E-state index contributed by atoms with van der Waals surface area (Å²) in [6.45, 7) is 7.17. The number of pyridine rings is 1. The van der Waals surface area contributed by atoms with Gasteiger partial charge < -0.3 is 5.73 Å². The fraction of sp³-hybridized carbons (Fsp3) is 0.500. The van der Waals surface area contributed by atoms with E-state index in [0.717, 1.165) is 31.6 Å². The number of hydrogen-bond donors (Lipinski definition) is 2. The number of nitrogens with zero attached hydrogens (tertiary/aromatic N) is 2. The van der Waals surface area contributed by atoms with E-state index in [2.05, 4.69) is 23.7 Å². The second-order valence-electron chi connectivity index (χ2n) is 3.79. The van der Waals surface area contributed by atoms with Crippen molar-refractivity contribution in [2.75, 3.05) is 13.1 Å². The van der Waals surface area contributed by atoms with E-state index in [9.17, 15) is 0 Å². The van der Waals surface area contributed by atoms with Gasteiger partial charge in [0.2, 0.25) is 0 Å². The van der Waals surface area contributed by atoms with E-state index in [1.165, 1.54) is 0 Å². The fourth-order valence-electron chi connectivity index (χ4n) is 1.71. The lowest BCUT2D eigenvalue weighted by molar-refractivity contribution is 0.280. The minimum atomic E-state index is 0.0446. The van der Waals surface area contributed by atoms with Gasteiger partial charge in [-0.05, 0) is 31.1 Å². The third-order valence-electron chi connectivity index (χ3n) is 2.53. The van der Waals surface area contributed by atoms with E-state index in [1.807, 2.05) is 12.1 Å². The Hall–Kier alpha value is -1.42. The standard InChI is InChI=1S/C12H20N4/c1-3-8-16(4-2)9-10-6-5-7-15-11(10)12(13)14/h5-7H,3-4,8-9H2,1-2H3,(H3,13,14). The molecule has 0 atom stereocenters. The zero-order valence-corrected chi connectivity index (χ0v) is 10.0. The van der Waals surface area contributed by atoms with Crippen molar-refractivity contribution in [3.8, 4) is 0 Å². The van der Waals surface area contributed by atoms with Crippen LogP contribution in [-0.4, -0.2) is 28.8 Å². The van der Waals surface area contributed by atoms with Gasteiger partial charge in [-0.2, -0.15) is 0 Å². The van der Waals surface area contributed by atoms with Gasteiger partial charge >= 0.3 is 0 Å². The Balaban J connectivity index is 2.82. The van der Waals surface area contributed by atoms with Crippen molar-refractivity contribution in [1.29, 1.82) is 5.41 Å². The largest absolute Gasteiger partial charge is 0.382 e. The summed E-state index contributed by atoms with van der Waals surface area (Å²) in [5, 5.41) is 7.48. The lowest BCUT2D eigenvalue weighted by Gasteiger charge is -2.20. The summed E-state index contributed by atoms with van der Waals surface area (Å²) in [4.78, 5) is 6.47. The van der Waals surface area contributed by atoms with Crippen LogP contribution in [0.4, 0.5) is 0 Å². The molecule has 1 heterocycles. The van der Waals surface area contributed by atoms with Crippen LogP contribution in [0.1, 0.15) is 31.5 Å². The summed E-state index contributed by atoms with van der Waals surface area (Å²) in [6.07, 6.45) is 2.81. The Labute approximate surface area is 97.0 Å². The maximum atomic E-state index is 7.48. The first-order valence-electron chi connectivity index (χ1n) is 5.69. The van der Waals surface area contributed by atoms with Crippen LogP contribution in [0.15, 0.2) is 18.3 Å². The van der Waals surface area contributed by atoms with E-state index in [-0.39, 0.29) is 5.84 Å². The zero-order chi connectivity index (χ0) is 12.0. The molecule has 0 spiro atoms. The highest BCUT2D eigenvalue weighted by molar-refractivity contribution is 5.94. The zero-order valence-electron chi connectivity index (χ0n) is 10.0. The molecule has 0 amide bonds. The summed E-state index contributed by atoms with van der Waals surface area (Å²) in [6, 6.07) is 3.88. The molecule has 0 aromatic carbocycles. The smallest absolute Gasteiger partial charge is 0.142 e. The van der Waals surface area contributed by atoms with Gasteiger partial charge in [-0.25, -0.2) is 0 Å². The summed E-state index contributed by atoms with van der Waals surface area (Å²) in [5.41, 5.74) is 7.15. The molecule has 1 rings (SSSR count). The Morgan fingerprint density at radius 2 is 2.25 bits per heavy atom. The van der Waals surface area contributed by atoms with E-state index in [4.69, 9.17) is 11.1 Å². The van der Waals surface area contributed by atoms with Gasteiger partial charge in [0, 0.05) is 12.7 Å². The quantitative estimate of drug-likeness (QED) is 0.565. The monoisotopic (exact) mass is 220 g/mol. The molecule has 0 saturated carbocycles. The maximum absolute atomic E-state index is 7.48. The van der Waals surface area contributed by atoms with E-state index in [1.54, 1.807) is 6.20 Å². The van der Waals surface area contributed by atoms with Gasteiger partial charge in [0.1, 0.15) is 11.5 Å². The van der Waals surface area contributed by atoms with Gasteiger partial charge in [-0.1, -0.05) is 19.9 Å². The molecule has 0 aliphatic heterocycles. The van der Waals surface area contributed by atoms with Crippen LogP contribution in [0, 0.1) is 5.41 Å². The normalized spacial score (nSPS) is 10.7. The van der Waals surface area contributed by atoms with Crippen LogP contribution in [0.25, 0.3) is 0 Å². The highest BCUT2D eigenvalue weighted by Gasteiger charge is 2.09. The van der Waals surface area contributed by atoms with Crippen LogP contribution in [0.5, 0.6) is 0 Å². The number of nitrogens with one attached hydrogen (secondary N) is 1. The van der Waals surface area contributed by atoms with E-state index in [0.29, 0.717) is 5.69 Å². The molecule has 88 valence electrons. The average molecular weight is 220 g/mol. The molecular formula is C12H20N4. The summed E-state index contributed by atoms with van der Waals surface area (Å²) >= 11 is 0.